The Morgan fingerprint density at radius 3 is 2.17 bits per heavy atom. The van der Waals surface area contributed by atoms with Gasteiger partial charge >= 0.3 is 21.5 Å². The van der Waals surface area contributed by atoms with Gasteiger partial charge in [0, 0.05) is 16.6 Å². The van der Waals surface area contributed by atoms with Gasteiger partial charge in [0.2, 0.25) is 0 Å². The molecular weight excluding hydrogens is 545 g/mol. The highest BCUT2D eigenvalue weighted by molar-refractivity contribution is 7.92. The number of alkyl halides is 3. The number of esters is 1. The largest absolute Gasteiger partial charge is 0.511 e. The van der Waals surface area contributed by atoms with Gasteiger partial charge in [0.15, 0.2) is 9.84 Å². The molecule has 0 unspecified atom stereocenters. The summed E-state index contributed by atoms with van der Waals surface area (Å²) in [5.74, 6) is -3.53. The molecule has 0 spiro atoms. The van der Waals surface area contributed by atoms with E-state index in [4.69, 9.17) is 11.6 Å². The van der Waals surface area contributed by atoms with E-state index in [0.717, 1.165) is 25.3 Å². The van der Waals surface area contributed by atoms with Crippen LogP contribution < -0.4 is 0 Å². The maximum absolute atomic E-state index is 14.8. The molecular formula is C20H17ClF5NO6S2. The molecule has 0 N–H and O–H groups in total. The van der Waals surface area contributed by atoms with Crippen molar-refractivity contribution in [2.75, 3.05) is 13.7 Å². The normalized spacial score (nSPS) is 21.0. The molecule has 0 bridgehead atoms. The highest BCUT2D eigenvalue weighted by Crippen LogP contribution is 2.54. The Hall–Kier alpha value is -2.29. The van der Waals surface area contributed by atoms with Crippen LogP contribution in [0.3, 0.4) is 0 Å². The van der Waals surface area contributed by atoms with E-state index in [1.165, 1.54) is 12.1 Å². The van der Waals surface area contributed by atoms with Crippen molar-refractivity contribution >= 4 is 37.4 Å². The molecule has 2 aromatic rings. The minimum absolute atomic E-state index is 0.155. The molecule has 0 saturated heterocycles. The Morgan fingerprint density at radius 1 is 1.09 bits per heavy atom. The number of hydrogen-bond acceptors (Lipinski definition) is 6. The Kier molecular flexibility index (Phi) is 7.25. The van der Waals surface area contributed by atoms with Crippen LogP contribution in [0, 0.1) is 11.6 Å². The molecule has 1 saturated carbocycles. The Balaban J connectivity index is 2.16. The molecule has 0 amide bonds. The van der Waals surface area contributed by atoms with Crippen LogP contribution in [0.1, 0.15) is 18.4 Å². The van der Waals surface area contributed by atoms with Crippen molar-refractivity contribution in [3.63, 3.8) is 0 Å². The molecule has 0 radical (unpaired) electrons. The number of halogens is 6. The second-order valence-electron chi connectivity index (χ2n) is 7.71. The highest BCUT2D eigenvalue weighted by Gasteiger charge is 2.63. The second-order valence-corrected chi connectivity index (χ2v) is 12.3. The van der Waals surface area contributed by atoms with E-state index in [1.807, 2.05) is 0 Å². The monoisotopic (exact) mass is 561 g/mol. The number of ether oxygens (including phenoxy) is 1. The summed E-state index contributed by atoms with van der Waals surface area (Å²) < 4.78 is 122. The number of hydrogen-bond donors (Lipinski definition) is 0. The highest BCUT2D eigenvalue weighted by atomic mass is 35.5. The lowest BCUT2D eigenvalue weighted by Crippen LogP contribution is -2.61. The van der Waals surface area contributed by atoms with Crippen LogP contribution in [-0.2, 0) is 34.1 Å². The number of rotatable bonds is 7. The van der Waals surface area contributed by atoms with E-state index in [-0.39, 0.29) is 9.33 Å². The molecule has 192 valence electrons. The maximum Gasteiger partial charge on any atom is 0.511 e. The minimum Gasteiger partial charge on any atom is -0.468 e. The van der Waals surface area contributed by atoms with E-state index in [9.17, 15) is 43.6 Å². The van der Waals surface area contributed by atoms with E-state index < -0.39 is 83.6 Å². The third-order valence-corrected chi connectivity index (χ3v) is 10.1. The average Bonchev–Trinajstić information content (AvgIpc) is 2.73. The smallest absolute Gasteiger partial charge is 0.468 e. The number of benzene rings is 2. The van der Waals surface area contributed by atoms with Gasteiger partial charge in [0.05, 0.1) is 12.0 Å². The third-order valence-electron chi connectivity index (χ3n) is 5.71. The molecule has 0 atom stereocenters. The fourth-order valence-corrected chi connectivity index (χ4v) is 7.33. The fourth-order valence-electron chi connectivity index (χ4n) is 3.91. The molecule has 2 aromatic carbocycles. The van der Waals surface area contributed by atoms with Crippen molar-refractivity contribution in [3.05, 3.63) is 64.7 Å². The second kappa shape index (κ2) is 9.30. The van der Waals surface area contributed by atoms with Crippen molar-refractivity contribution in [3.8, 4) is 0 Å². The maximum atomic E-state index is 14.8. The molecule has 1 fully saturated rings. The van der Waals surface area contributed by atoms with Gasteiger partial charge in [0.25, 0.3) is 0 Å². The summed E-state index contributed by atoms with van der Waals surface area (Å²) in [6.07, 6.45) is -1.80. The van der Waals surface area contributed by atoms with Gasteiger partial charge in [-0.15, -0.1) is 0 Å². The zero-order valence-electron chi connectivity index (χ0n) is 17.7. The third kappa shape index (κ3) is 4.76. The average molecular weight is 562 g/mol. The van der Waals surface area contributed by atoms with E-state index in [0.29, 0.717) is 12.1 Å². The van der Waals surface area contributed by atoms with Gasteiger partial charge in [-0.1, -0.05) is 11.6 Å². The van der Waals surface area contributed by atoms with Gasteiger partial charge in [-0.2, -0.15) is 17.5 Å². The summed E-state index contributed by atoms with van der Waals surface area (Å²) in [4.78, 5) is 11.3. The lowest BCUT2D eigenvalue weighted by molar-refractivity contribution is -0.141. The molecule has 0 aliphatic heterocycles. The van der Waals surface area contributed by atoms with Crippen molar-refractivity contribution in [2.24, 2.45) is 0 Å². The standard InChI is InChI=1S/C20H17ClF5NO6S2/c1-33-18(28)11-27(35(31,32)20(24,25)26)14-9-19(10-14,16-8-13(22)4-7-17(16)23)34(29,30)15-5-2-12(21)3-6-15/h2-8,14H,9-11H2,1H3/t14-,19+. The first-order chi connectivity index (χ1) is 16.1. The first-order valence-electron chi connectivity index (χ1n) is 9.67. The van der Waals surface area contributed by atoms with Crippen LogP contribution in [0.25, 0.3) is 0 Å². The number of carbonyl (C=O) groups excluding carboxylic acids is 1. The van der Waals surface area contributed by atoms with Crippen molar-refractivity contribution < 1.29 is 48.3 Å². The summed E-state index contributed by atoms with van der Waals surface area (Å²) in [5, 5.41) is 0.155. The van der Waals surface area contributed by atoms with E-state index in [2.05, 4.69) is 4.74 Å². The van der Waals surface area contributed by atoms with Crippen LogP contribution in [0.15, 0.2) is 47.4 Å². The van der Waals surface area contributed by atoms with Crippen molar-refractivity contribution in [1.82, 2.24) is 4.31 Å². The fraction of sp³-hybridized carbons (Fsp3) is 0.350. The zero-order valence-corrected chi connectivity index (χ0v) is 20.1. The van der Waals surface area contributed by atoms with Crippen LogP contribution in [0.2, 0.25) is 5.02 Å². The molecule has 35 heavy (non-hydrogen) atoms. The predicted octanol–water partition coefficient (Wildman–Crippen LogP) is 3.77. The summed E-state index contributed by atoms with van der Waals surface area (Å²) in [6, 6.07) is 4.80. The Bertz CT molecular complexity index is 1340. The van der Waals surface area contributed by atoms with Gasteiger partial charge in [-0.05, 0) is 55.3 Å². The molecule has 7 nitrogen and oxygen atoms in total. The van der Waals surface area contributed by atoms with Gasteiger partial charge in [-0.25, -0.2) is 25.6 Å². The number of nitrogens with zero attached hydrogens (tertiary/aromatic N) is 1. The molecule has 1 aliphatic rings. The summed E-state index contributed by atoms with van der Waals surface area (Å²) in [7, 11) is -9.94. The SMILES string of the molecule is COC(=O)CN([C@H]1C[C@@](c2cc(F)ccc2F)(S(=O)(=O)c2ccc(Cl)cc2)C1)S(=O)(=O)C(F)(F)F. The lowest BCUT2D eigenvalue weighted by atomic mass is 9.74. The quantitative estimate of drug-likeness (QED) is 0.377. The number of carbonyl (C=O) groups is 1. The number of methoxy groups -OCH3 is 1. The number of sulfone groups is 1. The summed E-state index contributed by atoms with van der Waals surface area (Å²) in [5.41, 5.74) is -6.51. The van der Waals surface area contributed by atoms with E-state index in [1.54, 1.807) is 0 Å². The van der Waals surface area contributed by atoms with Gasteiger partial charge in [-0.3, -0.25) is 4.79 Å². The minimum atomic E-state index is -6.12. The first-order valence-corrected chi connectivity index (χ1v) is 13.0. The zero-order chi connectivity index (χ0) is 26.4. The van der Waals surface area contributed by atoms with Crippen LogP contribution in [0.4, 0.5) is 22.0 Å². The molecule has 0 heterocycles. The molecule has 15 heteroatoms. The molecule has 3 rings (SSSR count). The predicted molar refractivity (Wildman–Crippen MR) is 113 cm³/mol. The van der Waals surface area contributed by atoms with Crippen LogP contribution >= 0.6 is 11.6 Å². The summed E-state index contributed by atoms with van der Waals surface area (Å²) >= 11 is 5.78. The topological polar surface area (TPSA) is 97.8 Å². The van der Waals surface area contributed by atoms with Crippen LogP contribution in [0.5, 0.6) is 0 Å². The van der Waals surface area contributed by atoms with Gasteiger partial charge in [0.1, 0.15) is 22.9 Å². The lowest BCUT2D eigenvalue weighted by Gasteiger charge is -2.50. The van der Waals surface area contributed by atoms with Crippen molar-refractivity contribution in [2.45, 2.75) is 34.0 Å². The van der Waals surface area contributed by atoms with Gasteiger partial charge < -0.3 is 4.74 Å². The van der Waals surface area contributed by atoms with Crippen LogP contribution in [-0.4, -0.2) is 52.3 Å². The number of sulfonamides is 1. The Labute approximate surface area is 202 Å². The molecule has 0 aromatic heterocycles. The molecule has 1 aliphatic carbocycles. The van der Waals surface area contributed by atoms with E-state index >= 15 is 0 Å². The first kappa shape index (κ1) is 27.3. The Morgan fingerprint density at radius 2 is 1.66 bits per heavy atom. The van der Waals surface area contributed by atoms with Crippen molar-refractivity contribution in [1.29, 1.82) is 0 Å². The summed E-state index contributed by atoms with van der Waals surface area (Å²) in [6.45, 7) is -1.37.